The Morgan fingerprint density at radius 2 is 1.77 bits per heavy atom. The van der Waals surface area contributed by atoms with Crippen molar-refractivity contribution >= 4 is 82.2 Å². The third kappa shape index (κ3) is 6.47. The molecule has 1 aromatic carbocycles. The van der Waals surface area contributed by atoms with Crippen molar-refractivity contribution in [1.82, 2.24) is 9.03 Å². The Kier molecular flexibility index (Phi) is 9.49. The van der Waals surface area contributed by atoms with E-state index in [-0.39, 0.29) is 18.1 Å². The molecule has 6 nitrogen and oxygen atoms in total. The van der Waals surface area contributed by atoms with Gasteiger partial charge in [0.1, 0.15) is 5.82 Å². The van der Waals surface area contributed by atoms with Crippen molar-refractivity contribution in [2.75, 3.05) is 31.0 Å². The fourth-order valence-corrected chi connectivity index (χ4v) is 2.66. The number of rotatable bonds is 4. The number of alkyl halides is 3. The van der Waals surface area contributed by atoms with Crippen molar-refractivity contribution in [2.24, 2.45) is 4.99 Å². The molecule has 26 heavy (non-hydrogen) atoms. The summed E-state index contributed by atoms with van der Waals surface area (Å²) in [5.74, 6) is -1.66. The summed E-state index contributed by atoms with van der Waals surface area (Å²) in [5, 5.41) is 0. The van der Waals surface area contributed by atoms with E-state index in [1.807, 2.05) is 12.5 Å². The van der Waals surface area contributed by atoms with E-state index >= 15 is 0 Å². The zero-order valence-corrected chi connectivity index (χ0v) is 17.9. The molecule has 1 heterocycles. The number of nitrogens with one attached hydrogen (secondary N) is 1. The fraction of sp³-hybridized carbons (Fsp3) is 0.357. The Hall–Kier alpha value is -0.710. The van der Waals surface area contributed by atoms with Gasteiger partial charge in [-0.25, -0.2) is 18.2 Å². The summed E-state index contributed by atoms with van der Waals surface area (Å²) >= 11 is 20.0. The van der Waals surface area contributed by atoms with Gasteiger partial charge in [-0.2, -0.15) is 0 Å². The minimum atomic E-state index is -1.72. The number of likely N-dealkylation sites (N-methyl/N-ethyl adjacent to an activating group) is 1. The lowest BCUT2D eigenvalue weighted by atomic mass is 10.3. The standard InChI is InChI=1S/C12H9Cl3FN3O2.C2H7NS2/c1-18-10(20)9(17-6-12(13,14)15)19(11(18)21)8-5-3-2-4-7(8)16;1-4-3-5-2/h2-5H,6H2,1H3;3H,1-2H3. The Morgan fingerprint density at radius 1 is 1.19 bits per heavy atom. The number of carbonyl (C=O) groups excluding carboxylic acids is 2. The first-order valence-corrected chi connectivity index (χ1v) is 10.5. The number of aliphatic imine (C=N–C) groups is 1. The van der Waals surface area contributed by atoms with Gasteiger partial charge in [-0.1, -0.05) is 70.8 Å². The molecule has 0 radical (unpaired) electrons. The normalized spacial score (nSPS) is 16.2. The van der Waals surface area contributed by atoms with Crippen molar-refractivity contribution in [3.63, 3.8) is 0 Å². The Morgan fingerprint density at radius 3 is 2.23 bits per heavy atom. The highest BCUT2D eigenvalue weighted by Gasteiger charge is 2.42. The predicted molar refractivity (Wildman–Crippen MR) is 110 cm³/mol. The quantitative estimate of drug-likeness (QED) is 0.415. The summed E-state index contributed by atoms with van der Waals surface area (Å²) < 4.78 is 15.1. The van der Waals surface area contributed by atoms with Crippen LogP contribution in [0.1, 0.15) is 0 Å². The molecule has 1 N–H and O–H groups in total. The van der Waals surface area contributed by atoms with E-state index in [0.717, 1.165) is 15.9 Å². The van der Waals surface area contributed by atoms with Gasteiger partial charge in [0.2, 0.25) is 9.63 Å². The van der Waals surface area contributed by atoms with E-state index < -0.39 is 21.5 Å². The molecule has 0 saturated carbocycles. The zero-order valence-electron chi connectivity index (χ0n) is 14.0. The first-order valence-electron chi connectivity index (χ1n) is 6.92. The largest absolute Gasteiger partial charge is 0.337 e. The van der Waals surface area contributed by atoms with Crippen LogP contribution in [0.2, 0.25) is 0 Å². The lowest BCUT2D eigenvalue weighted by Gasteiger charge is -2.16. The number of urea groups is 1. The SMILES string of the molecule is CN1C(=O)C(=NCC(Cl)(Cl)Cl)N(c2ccccc2F)C1=O.CSNSC. The molecule has 0 spiro atoms. The number of nitrogens with zero attached hydrogens (tertiary/aromatic N) is 3. The third-order valence-electron chi connectivity index (χ3n) is 2.85. The highest BCUT2D eigenvalue weighted by Crippen LogP contribution is 2.28. The second-order valence-corrected chi connectivity index (χ2v) is 8.68. The van der Waals surface area contributed by atoms with E-state index in [0.29, 0.717) is 0 Å². The molecule has 1 fully saturated rings. The van der Waals surface area contributed by atoms with Gasteiger partial charge >= 0.3 is 6.03 Å². The van der Waals surface area contributed by atoms with Gasteiger partial charge in [-0.15, -0.1) is 0 Å². The Balaban J connectivity index is 0.000000597. The minimum absolute atomic E-state index is 0.0942. The number of amides is 3. The monoisotopic (exact) mass is 460 g/mol. The average molecular weight is 462 g/mol. The van der Waals surface area contributed by atoms with Crippen LogP contribution in [-0.2, 0) is 4.79 Å². The second-order valence-electron chi connectivity index (χ2n) is 4.68. The molecule has 1 saturated heterocycles. The van der Waals surface area contributed by atoms with Crippen molar-refractivity contribution in [1.29, 1.82) is 0 Å². The summed E-state index contributed by atoms with van der Waals surface area (Å²) in [6, 6.07) is 4.78. The van der Waals surface area contributed by atoms with Crippen LogP contribution < -0.4 is 9.03 Å². The van der Waals surface area contributed by atoms with Crippen molar-refractivity contribution < 1.29 is 14.0 Å². The van der Waals surface area contributed by atoms with Crippen LogP contribution in [-0.4, -0.2) is 52.6 Å². The molecular formula is C14H16Cl3FN4O2S2. The molecule has 3 amide bonds. The predicted octanol–water partition coefficient (Wildman–Crippen LogP) is 4.12. The van der Waals surface area contributed by atoms with E-state index in [1.54, 1.807) is 23.9 Å². The lowest BCUT2D eigenvalue weighted by Crippen LogP contribution is -2.32. The molecular weight excluding hydrogens is 446 g/mol. The number of para-hydroxylation sites is 1. The molecule has 2 rings (SSSR count). The first-order chi connectivity index (χ1) is 12.1. The Labute approximate surface area is 174 Å². The third-order valence-corrected chi connectivity index (χ3v) is 4.55. The number of carbonyl (C=O) groups is 2. The number of halogens is 4. The van der Waals surface area contributed by atoms with Crippen LogP contribution in [0.25, 0.3) is 0 Å². The van der Waals surface area contributed by atoms with Crippen LogP contribution in [0, 0.1) is 5.82 Å². The maximum Gasteiger partial charge on any atom is 0.337 e. The van der Waals surface area contributed by atoms with Gasteiger partial charge in [0.05, 0.1) is 12.2 Å². The number of benzene rings is 1. The molecule has 0 bridgehead atoms. The molecule has 12 heteroatoms. The fourth-order valence-electron chi connectivity index (χ4n) is 1.81. The molecule has 1 aliphatic heterocycles. The van der Waals surface area contributed by atoms with Crippen molar-refractivity contribution in [3.8, 4) is 0 Å². The van der Waals surface area contributed by atoms with E-state index in [1.165, 1.54) is 25.2 Å². The van der Waals surface area contributed by atoms with Gasteiger partial charge in [0.15, 0.2) is 0 Å². The summed E-state index contributed by atoms with van der Waals surface area (Å²) in [6.07, 6.45) is 3.99. The minimum Gasteiger partial charge on any atom is -0.265 e. The zero-order chi connectivity index (χ0) is 19.9. The smallest absolute Gasteiger partial charge is 0.265 e. The van der Waals surface area contributed by atoms with E-state index in [9.17, 15) is 14.0 Å². The number of amidine groups is 1. The molecule has 0 atom stereocenters. The van der Waals surface area contributed by atoms with E-state index in [2.05, 4.69) is 9.12 Å². The van der Waals surface area contributed by atoms with Gasteiger partial charge in [0.25, 0.3) is 5.91 Å². The maximum atomic E-state index is 13.9. The number of anilines is 1. The highest BCUT2D eigenvalue weighted by atomic mass is 35.6. The van der Waals surface area contributed by atoms with Crippen molar-refractivity contribution in [3.05, 3.63) is 30.1 Å². The number of hydrogen-bond donors (Lipinski definition) is 1. The summed E-state index contributed by atoms with van der Waals surface area (Å²) in [5.41, 5.74) is -0.0942. The summed E-state index contributed by atoms with van der Waals surface area (Å²) in [7, 11) is 1.26. The van der Waals surface area contributed by atoms with Gasteiger partial charge in [-0.3, -0.25) is 14.7 Å². The maximum absolute atomic E-state index is 13.9. The number of hydrogen-bond acceptors (Lipinski definition) is 6. The molecule has 1 aliphatic rings. The lowest BCUT2D eigenvalue weighted by molar-refractivity contribution is -0.119. The van der Waals surface area contributed by atoms with Crippen LogP contribution in [0.3, 0.4) is 0 Å². The number of imide groups is 1. The van der Waals surface area contributed by atoms with Gasteiger partial charge in [-0.05, 0) is 24.6 Å². The topological polar surface area (TPSA) is 65.0 Å². The molecule has 144 valence electrons. The second kappa shape index (κ2) is 10.6. The molecule has 0 aliphatic carbocycles. The van der Waals surface area contributed by atoms with Crippen LogP contribution in [0.4, 0.5) is 14.9 Å². The van der Waals surface area contributed by atoms with Gasteiger partial charge in [0, 0.05) is 7.05 Å². The summed E-state index contributed by atoms with van der Waals surface area (Å²) in [6.45, 7) is -0.342. The molecule has 0 aromatic heterocycles. The summed E-state index contributed by atoms with van der Waals surface area (Å²) in [4.78, 5) is 29.6. The van der Waals surface area contributed by atoms with E-state index in [4.69, 9.17) is 34.8 Å². The van der Waals surface area contributed by atoms with Crippen molar-refractivity contribution in [2.45, 2.75) is 3.79 Å². The molecule has 1 aromatic rings. The molecule has 0 unspecified atom stereocenters. The van der Waals surface area contributed by atoms with Crippen LogP contribution >= 0.6 is 58.7 Å². The highest BCUT2D eigenvalue weighted by molar-refractivity contribution is 8.12. The average Bonchev–Trinajstić information content (AvgIpc) is 2.78. The van der Waals surface area contributed by atoms with Crippen LogP contribution in [0.5, 0.6) is 0 Å². The van der Waals surface area contributed by atoms with Gasteiger partial charge < -0.3 is 0 Å². The Bertz CT molecular complexity index is 686. The van der Waals surface area contributed by atoms with Crippen LogP contribution in [0.15, 0.2) is 29.3 Å². The first kappa shape index (κ1) is 23.3.